The fraction of sp³-hybridized carbons (Fsp3) is 0.182. The number of nitrogens with one attached hydrogen (secondary N) is 2. The van der Waals surface area contributed by atoms with E-state index in [4.69, 9.17) is 4.74 Å². The van der Waals surface area contributed by atoms with E-state index in [-0.39, 0.29) is 17.6 Å². The average Bonchev–Trinajstić information content (AvgIpc) is 2.72. The highest BCUT2D eigenvalue weighted by atomic mass is 16.5. The van der Waals surface area contributed by atoms with Gasteiger partial charge in [0.2, 0.25) is 0 Å². The molecule has 0 saturated heterocycles. The van der Waals surface area contributed by atoms with E-state index in [1.165, 1.54) is 6.33 Å². The van der Waals surface area contributed by atoms with Crippen molar-refractivity contribution in [1.82, 2.24) is 9.97 Å². The summed E-state index contributed by atoms with van der Waals surface area (Å²) in [5.74, 6) is -0.225. The first-order valence-electron chi connectivity index (χ1n) is 9.21. The van der Waals surface area contributed by atoms with E-state index < -0.39 is 0 Å². The molecule has 0 spiro atoms. The van der Waals surface area contributed by atoms with Crippen LogP contribution in [0.25, 0.3) is 0 Å². The molecule has 7 nitrogen and oxygen atoms in total. The molecule has 29 heavy (non-hydrogen) atoms. The molecule has 0 aliphatic heterocycles. The van der Waals surface area contributed by atoms with Gasteiger partial charge in [-0.1, -0.05) is 6.07 Å². The molecule has 1 aromatic heterocycles. The molecule has 3 aromatic rings. The molecule has 0 saturated carbocycles. The predicted octanol–water partition coefficient (Wildman–Crippen LogP) is 4.27. The third-order valence-corrected chi connectivity index (χ3v) is 4.33. The number of esters is 1. The summed E-state index contributed by atoms with van der Waals surface area (Å²) in [7, 11) is 0. The summed E-state index contributed by atoms with van der Waals surface area (Å²) >= 11 is 0. The van der Waals surface area contributed by atoms with Crippen LogP contribution in [-0.2, 0) is 4.74 Å². The summed E-state index contributed by atoms with van der Waals surface area (Å²) in [4.78, 5) is 32.4. The summed E-state index contributed by atoms with van der Waals surface area (Å²) in [5.41, 5.74) is 4.39. The van der Waals surface area contributed by atoms with Crippen LogP contribution in [0.15, 0.2) is 54.9 Å². The van der Waals surface area contributed by atoms with Gasteiger partial charge in [-0.15, -0.1) is 0 Å². The standard InChI is InChI=1S/C22H22N4O3/c1-4-29-22(28)16-6-9-17(10-7-16)25-20-12-19(23-13-24-20)21(27)26-18-8-5-14(2)15(3)11-18/h5-13H,4H2,1-3H3,(H,26,27)(H,23,24,25). The molecule has 0 radical (unpaired) electrons. The summed E-state index contributed by atoms with van der Waals surface area (Å²) in [6, 6.07) is 14.1. The lowest BCUT2D eigenvalue weighted by molar-refractivity contribution is 0.0526. The maximum Gasteiger partial charge on any atom is 0.338 e. The number of aryl methyl sites for hydroxylation is 2. The van der Waals surface area contributed by atoms with Gasteiger partial charge in [0.15, 0.2) is 0 Å². The van der Waals surface area contributed by atoms with Gasteiger partial charge in [-0.05, 0) is 68.3 Å². The van der Waals surface area contributed by atoms with Crippen LogP contribution in [-0.4, -0.2) is 28.5 Å². The molecule has 7 heteroatoms. The van der Waals surface area contributed by atoms with Crippen LogP contribution in [0.5, 0.6) is 0 Å². The Morgan fingerprint density at radius 1 is 0.931 bits per heavy atom. The second kappa shape index (κ2) is 8.97. The number of nitrogens with zero attached hydrogens (tertiary/aromatic N) is 2. The third kappa shape index (κ3) is 5.16. The number of carbonyl (C=O) groups is 2. The molecule has 1 heterocycles. The molecule has 1 amide bonds. The first-order chi connectivity index (χ1) is 14.0. The van der Waals surface area contributed by atoms with Gasteiger partial charge in [-0.3, -0.25) is 4.79 Å². The van der Waals surface area contributed by atoms with Crippen molar-refractivity contribution in [3.05, 3.63) is 77.2 Å². The number of ether oxygens (including phenoxy) is 1. The monoisotopic (exact) mass is 390 g/mol. The lowest BCUT2D eigenvalue weighted by Gasteiger charge is -2.09. The van der Waals surface area contributed by atoms with Crippen molar-refractivity contribution in [2.75, 3.05) is 17.2 Å². The van der Waals surface area contributed by atoms with Gasteiger partial charge in [0.1, 0.15) is 17.8 Å². The van der Waals surface area contributed by atoms with Crippen molar-refractivity contribution in [2.24, 2.45) is 0 Å². The van der Waals surface area contributed by atoms with Crippen molar-refractivity contribution >= 4 is 29.1 Å². The van der Waals surface area contributed by atoms with E-state index in [1.54, 1.807) is 37.3 Å². The Bertz CT molecular complexity index is 1030. The van der Waals surface area contributed by atoms with Crippen LogP contribution in [0.1, 0.15) is 38.9 Å². The molecule has 0 unspecified atom stereocenters. The van der Waals surface area contributed by atoms with E-state index in [1.807, 2.05) is 32.0 Å². The number of carbonyl (C=O) groups excluding carboxylic acids is 2. The maximum atomic E-state index is 12.5. The van der Waals surface area contributed by atoms with Gasteiger partial charge >= 0.3 is 5.97 Å². The van der Waals surface area contributed by atoms with Crippen LogP contribution in [0.2, 0.25) is 0 Å². The van der Waals surface area contributed by atoms with E-state index in [0.29, 0.717) is 23.7 Å². The molecule has 0 fully saturated rings. The number of benzene rings is 2. The number of hydrogen-bond donors (Lipinski definition) is 2. The quantitative estimate of drug-likeness (QED) is 0.611. The molecule has 2 aromatic carbocycles. The largest absolute Gasteiger partial charge is 0.462 e. The number of hydrogen-bond acceptors (Lipinski definition) is 6. The highest BCUT2D eigenvalue weighted by molar-refractivity contribution is 6.03. The SMILES string of the molecule is CCOC(=O)c1ccc(Nc2cc(C(=O)Nc3ccc(C)c(C)c3)ncn2)cc1. The van der Waals surface area contributed by atoms with Crippen LogP contribution < -0.4 is 10.6 Å². The van der Waals surface area contributed by atoms with Gasteiger partial charge in [0.25, 0.3) is 5.91 Å². The Kier molecular flexibility index (Phi) is 6.19. The summed E-state index contributed by atoms with van der Waals surface area (Å²) in [5, 5.41) is 5.94. The molecule has 3 rings (SSSR count). The minimum absolute atomic E-state index is 0.240. The van der Waals surface area contributed by atoms with Gasteiger partial charge in [0, 0.05) is 17.4 Å². The van der Waals surface area contributed by atoms with Crippen LogP contribution in [0.3, 0.4) is 0 Å². The minimum Gasteiger partial charge on any atom is -0.462 e. The van der Waals surface area contributed by atoms with Crippen LogP contribution in [0, 0.1) is 13.8 Å². The molecule has 148 valence electrons. The van der Waals surface area contributed by atoms with E-state index >= 15 is 0 Å². The average molecular weight is 390 g/mol. The van der Waals surface area contributed by atoms with Crippen molar-refractivity contribution in [2.45, 2.75) is 20.8 Å². The van der Waals surface area contributed by atoms with Crippen molar-refractivity contribution in [3.63, 3.8) is 0 Å². The maximum absolute atomic E-state index is 12.5. The topological polar surface area (TPSA) is 93.2 Å². The molecule has 0 aliphatic carbocycles. The molecular formula is C22H22N4O3. The molecule has 0 bridgehead atoms. The zero-order chi connectivity index (χ0) is 20.8. The number of aromatic nitrogens is 2. The van der Waals surface area contributed by atoms with Gasteiger partial charge in [-0.2, -0.15) is 0 Å². The lowest BCUT2D eigenvalue weighted by atomic mass is 10.1. The summed E-state index contributed by atoms with van der Waals surface area (Å²) < 4.78 is 4.97. The first kappa shape index (κ1) is 20.0. The molecule has 0 aliphatic rings. The zero-order valence-corrected chi connectivity index (χ0v) is 16.5. The number of anilines is 3. The first-order valence-corrected chi connectivity index (χ1v) is 9.21. The van der Waals surface area contributed by atoms with Crippen molar-refractivity contribution < 1.29 is 14.3 Å². The third-order valence-electron chi connectivity index (χ3n) is 4.33. The second-order valence-corrected chi connectivity index (χ2v) is 6.46. The van der Waals surface area contributed by atoms with E-state index in [2.05, 4.69) is 20.6 Å². The Morgan fingerprint density at radius 3 is 2.34 bits per heavy atom. The second-order valence-electron chi connectivity index (χ2n) is 6.46. The number of amides is 1. The Labute approximate surface area is 169 Å². The smallest absolute Gasteiger partial charge is 0.338 e. The van der Waals surface area contributed by atoms with Crippen molar-refractivity contribution in [1.29, 1.82) is 0 Å². The lowest BCUT2D eigenvalue weighted by Crippen LogP contribution is -2.14. The normalized spacial score (nSPS) is 10.3. The number of rotatable bonds is 6. The molecular weight excluding hydrogens is 368 g/mol. The Hall–Kier alpha value is -3.74. The highest BCUT2D eigenvalue weighted by Crippen LogP contribution is 2.18. The van der Waals surface area contributed by atoms with E-state index in [9.17, 15) is 9.59 Å². The Balaban J connectivity index is 1.69. The van der Waals surface area contributed by atoms with Crippen molar-refractivity contribution in [3.8, 4) is 0 Å². The van der Waals surface area contributed by atoms with Gasteiger partial charge in [0.05, 0.1) is 12.2 Å². The van der Waals surface area contributed by atoms with Gasteiger partial charge in [-0.25, -0.2) is 14.8 Å². The summed E-state index contributed by atoms with van der Waals surface area (Å²) in [6.07, 6.45) is 1.32. The molecule has 2 N–H and O–H groups in total. The fourth-order valence-corrected chi connectivity index (χ4v) is 2.62. The molecule has 0 atom stereocenters. The van der Waals surface area contributed by atoms with Crippen LogP contribution >= 0.6 is 0 Å². The van der Waals surface area contributed by atoms with Crippen LogP contribution in [0.4, 0.5) is 17.2 Å². The summed E-state index contributed by atoms with van der Waals surface area (Å²) in [6.45, 7) is 6.09. The zero-order valence-electron chi connectivity index (χ0n) is 16.5. The van der Waals surface area contributed by atoms with Gasteiger partial charge < -0.3 is 15.4 Å². The predicted molar refractivity (Wildman–Crippen MR) is 112 cm³/mol. The Morgan fingerprint density at radius 2 is 1.66 bits per heavy atom. The van der Waals surface area contributed by atoms with E-state index in [0.717, 1.165) is 16.8 Å². The fourth-order valence-electron chi connectivity index (χ4n) is 2.62. The minimum atomic E-state index is -0.369. The highest BCUT2D eigenvalue weighted by Gasteiger charge is 2.11.